The summed E-state index contributed by atoms with van der Waals surface area (Å²) < 4.78 is 5.48. The fraction of sp³-hybridized carbons (Fsp3) is 0.533. The molecule has 1 saturated heterocycles. The Hall–Kier alpha value is -1.95. The molecule has 1 fully saturated rings. The van der Waals surface area contributed by atoms with Crippen molar-refractivity contribution in [2.45, 2.75) is 38.6 Å². The number of pyridine rings is 1. The molecule has 0 saturated carbocycles. The highest BCUT2D eigenvalue weighted by atomic mass is 16.5. The zero-order chi connectivity index (χ0) is 15.0. The van der Waals surface area contributed by atoms with E-state index in [0.717, 1.165) is 29.5 Å². The Morgan fingerprint density at radius 3 is 2.76 bits per heavy atom. The number of aromatic nitrogens is 3. The number of hydrogen-bond donors (Lipinski definition) is 2. The Labute approximate surface area is 124 Å². The van der Waals surface area contributed by atoms with Crippen LogP contribution < -0.4 is 11.1 Å². The third-order valence-electron chi connectivity index (χ3n) is 3.54. The molecule has 0 aliphatic carbocycles. The van der Waals surface area contributed by atoms with Crippen molar-refractivity contribution in [2.75, 3.05) is 24.3 Å². The lowest BCUT2D eigenvalue weighted by Gasteiger charge is -2.21. The van der Waals surface area contributed by atoms with Crippen LogP contribution in [0.3, 0.4) is 0 Å². The molecule has 6 heteroatoms. The number of anilines is 2. The summed E-state index contributed by atoms with van der Waals surface area (Å²) >= 11 is 0. The molecule has 1 aliphatic heterocycles. The van der Waals surface area contributed by atoms with E-state index in [9.17, 15) is 0 Å². The van der Waals surface area contributed by atoms with E-state index in [4.69, 9.17) is 10.5 Å². The average Bonchev–Trinajstić information content (AvgIpc) is 2.91. The number of nitrogen functional groups attached to an aromatic ring is 1. The Morgan fingerprint density at radius 1 is 1.29 bits per heavy atom. The van der Waals surface area contributed by atoms with E-state index >= 15 is 0 Å². The maximum Gasteiger partial charge on any atom is 0.223 e. The smallest absolute Gasteiger partial charge is 0.223 e. The lowest BCUT2D eigenvalue weighted by molar-refractivity contribution is 0.194. The van der Waals surface area contributed by atoms with Crippen LogP contribution >= 0.6 is 0 Å². The quantitative estimate of drug-likeness (QED) is 0.881. The van der Waals surface area contributed by atoms with Crippen LogP contribution in [0.1, 0.15) is 38.7 Å². The van der Waals surface area contributed by atoms with E-state index < -0.39 is 0 Å². The first kappa shape index (κ1) is 14.0. The molecule has 2 aromatic rings. The summed E-state index contributed by atoms with van der Waals surface area (Å²) in [4.78, 5) is 13.3. The first-order chi connectivity index (χ1) is 9.94. The van der Waals surface area contributed by atoms with Crippen LogP contribution in [0.25, 0.3) is 10.9 Å². The van der Waals surface area contributed by atoms with E-state index in [-0.39, 0.29) is 5.54 Å². The number of nitrogens with zero attached hydrogens (tertiary/aromatic N) is 3. The fourth-order valence-corrected chi connectivity index (χ4v) is 2.53. The normalized spacial score (nSPS) is 19.1. The van der Waals surface area contributed by atoms with Crippen LogP contribution in [0.4, 0.5) is 11.8 Å². The van der Waals surface area contributed by atoms with Gasteiger partial charge >= 0.3 is 0 Å². The molecule has 112 valence electrons. The van der Waals surface area contributed by atoms with Crippen molar-refractivity contribution in [3.63, 3.8) is 0 Å². The molecule has 3 rings (SSSR count). The minimum Gasteiger partial charge on any atom is -0.383 e. The second-order valence-electron chi connectivity index (χ2n) is 6.49. The van der Waals surface area contributed by atoms with Crippen molar-refractivity contribution in [1.29, 1.82) is 0 Å². The third-order valence-corrected chi connectivity index (χ3v) is 3.54. The zero-order valence-electron chi connectivity index (χ0n) is 12.7. The van der Waals surface area contributed by atoms with Gasteiger partial charge in [0.05, 0.1) is 17.5 Å². The number of nitrogens with one attached hydrogen (secondary N) is 1. The Kier molecular flexibility index (Phi) is 3.41. The van der Waals surface area contributed by atoms with Gasteiger partial charge in [0, 0.05) is 36.0 Å². The standard InChI is InChI=1S/C15H21N5O/c1-15(2,3)20-14-18-7-11-12(19-14)10(6-17-13(11)16)9-4-5-21-8-9/h6-7,9H,4-5,8H2,1-3H3,(H2,16,17)(H,18,19,20). The molecule has 3 N–H and O–H groups in total. The van der Waals surface area contributed by atoms with Gasteiger partial charge < -0.3 is 15.8 Å². The van der Waals surface area contributed by atoms with Crippen molar-refractivity contribution in [1.82, 2.24) is 15.0 Å². The summed E-state index contributed by atoms with van der Waals surface area (Å²) in [5, 5.41) is 4.10. The first-order valence-electron chi connectivity index (χ1n) is 7.21. The number of fused-ring (bicyclic) bond motifs is 1. The van der Waals surface area contributed by atoms with Gasteiger partial charge in [-0.05, 0) is 27.2 Å². The van der Waals surface area contributed by atoms with Gasteiger partial charge in [-0.1, -0.05) is 0 Å². The van der Waals surface area contributed by atoms with E-state index in [1.54, 1.807) is 6.20 Å². The predicted molar refractivity (Wildman–Crippen MR) is 83.3 cm³/mol. The number of rotatable bonds is 2. The van der Waals surface area contributed by atoms with Crippen LogP contribution in [0.5, 0.6) is 0 Å². The average molecular weight is 287 g/mol. The van der Waals surface area contributed by atoms with Gasteiger partial charge in [-0.3, -0.25) is 0 Å². The molecule has 1 unspecified atom stereocenters. The summed E-state index contributed by atoms with van der Waals surface area (Å²) in [5.41, 5.74) is 7.83. The second kappa shape index (κ2) is 5.11. The lowest BCUT2D eigenvalue weighted by atomic mass is 9.98. The van der Waals surface area contributed by atoms with Gasteiger partial charge in [0.25, 0.3) is 0 Å². The van der Waals surface area contributed by atoms with Gasteiger partial charge in [0.1, 0.15) is 5.82 Å². The van der Waals surface area contributed by atoms with Crippen molar-refractivity contribution >= 4 is 22.7 Å². The van der Waals surface area contributed by atoms with Crippen LogP contribution in [-0.2, 0) is 4.74 Å². The minimum absolute atomic E-state index is 0.0944. The van der Waals surface area contributed by atoms with Crippen molar-refractivity contribution < 1.29 is 4.74 Å². The molecule has 0 amide bonds. The third kappa shape index (κ3) is 2.90. The van der Waals surface area contributed by atoms with Gasteiger partial charge in [0.2, 0.25) is 5.95 Å². The molecule has 3 heterocycles. The highest BCUT2D eigenvalue weighted by Crippen LogP contribution is 2.31. The number of nitrogens with two attached hydrogens (primary N) is 1. The molecule has 0 bridgehead atoms. The Balaban J connectivity index is 2.10. The highest BCUT2D eigenvalue weighted by molar-refractivity contribution is 5.90. The molecule has 6 nitrogen and oxygen atoms in total. The number of ether oxygens (including phenoxy) is 1. The molecule has 1 atom stereocenters. The molecular weight excluding hydrogens is 266 g/mol. The maximum absolute atomic E-state index is 5.96. The molecule has 2 aromatic heterocycles. The van der Waals surface area contributed by atoms with E-state index in [1.807, 2.05) is 6.20 Å². The molecule has 0 spiro atoms. The fourth-order valence-electron chi connectivity index (χ4n) is 2.53. The summed E-state index contributed by atoms with van der Waals surface area (Å²) in [7, 11) is 0. The molecular formula is C15H21N5O. The summed E-state index contributed by atoms with van der Waals surface area (Å²) in [6.45, 7) is 7.73. The topological polar surface area (TPSA) is 86.0 Å². The van der Waals surface area contributed by atoms with Gasteiger partial charge in [-0.2, -0.15) is 0 Å². The molecule has 21 heavy (non-hydrogen) atoms. The zero-order valence-corrected chi connectivity index (χ0v) is 12.7. The Morgan fingerprint density at radius 2 is 2.10 bits per heavy atom. The predicted octanol–water partition coefficient (Wildman–Crippen LogP) is 2.32. The monoisotopic (exact) mass is 287 g/mol. The number of hydrogen-bond acceptors (Lipinski definition) is 6. The largest absolute Gasteiger partial charge is 0.383 e. The minimum atomic E-state index is -0.0944. The first-order valence-corrected chi connectivity index (χ1v) is 7.21. The van der Waals surface area contributed by atoms with E-state index in [2.05, 4.69) is 41.0 Å². The van der Waals surface area contributed by atoms with Gasteiger partial charge in [-0.15, -0.1) is 0 Å². The molecule has 1 aliphatic rings. The van der Waals surface area contributed by atoms with Gasteiger partial charge in [-0.25, -0.2) is 15.0 Å². The lowest BCUT2D eigenvalue weighted by Crippen LogP contribution is -2.27. The summed E-state index contributed by atoms with van der Waals surface area (Å²) in [6.07, 6.45) is 4.57. The van der Waals surface area contributed by atoms with Crippen molar-refractivity contribution in [2.24, 2.45) is 0 Å². The summed E-state index contributed by atoms with van der Waals surface area (Å²) in [5.74, 6) is 1.41. The van der Waals surface area contributed by atoms with Crippen LogP contribution in [0.15, 0.2) is 12.4 Å². The SMILES string of the molecule is CC(C)(C)Nc1ncc2c(N)ncc(C3CCOC3)c2n1. The van der Waals surface area contributed by atoms with Crippen molar-refractivity contribution in [3.05, 3.63) is 18.0 Å². The Bertz CT molecular complexity index is 659. The van der Waals surface area contributed by atoms with Crippen LogP contribution in [0.2, 0.25) is 0 Å². The van der Waals surface area contributed by atoms with Crippen molar-refractivity contribution in [3.8, 4) is 0 Å². The molecule has 0 aromatic carbocycles. The second-order valence-corrected chi connectivity index (χ2v) is 6.49. The van der Waals surface area contributed by atoms with Crippen LogP contribution in [-0.4, -0.2) is 33.7 Å². The van der Waals surface area contributed by atoms with E-state index in [1.165, 1.54) is 0 Å². The van der Waals surface area contributed by atoms with Crippen LogP contribution in [0, 0.1) is 0 Å². The van der Waals surface area contributed by atoms with E-state index in [0.29, 0.717) is 24.3 Å². The maximum atomic E-state index is 5.96. The summed E-state index contributed by atoms with van der Waals surface area (Å²) in [6, 6.07) is 0. The van der Waals surface area contributed by atoms with Gasteiger partial charge in [0.15, 0.2) is 0 Å². The highest BCUT2D eigenvalue weighted by Gasteiger charge is 2.22. The molecule has 0 radical (unpaired) electrons.